The van der Waals surface area contributed by atoms with E-state index in [9.17, 15) is 9.59 Å². The Hall–Kier alpha value is -1.10. The number of aliphatic carboxylic acids is 1. The van der Waals surface area contributed by atoms with E-state index in [2.05, 4.69) is 0 Å². The highest BCUT2D eigenvalue weighted by Crippen LogP contribution is 2.13. The number of carboxylic acids is 1. The van der Waals surface area contributed by atoms with Gasteiger partial charge in [-0.25, -0.2) is 0 Å². The van der Waals surface area contributed by atoms with Crippen molar-refractivity contribution in [1.29, 1.82) is 0 Å². The molecule has 0 unspecified atom stereocenters. The quantitative estimate of drug-likeness (QED) is 0.674. The highest BCUT2D eigenvalue weighted by Gasteiger charge is 2.21. The van der Waals surface area contributed by atoms with Crippen LogP contribution in [-0.4, -0.2) is 40.5 Å². The summed E-state index contributed by atoms with van der Waals surface area (Å²) in [5.41, 5.74) is 4.91. The molecule has 5 nitrogen and oxygen atoms in total. The summed E-state index contributed by atoms with van der Waals surface area (Å²) in [5.74, 6) is -1.19. The van der Waals surface area contributed by atoms with Crippen LogP contribution in [0, 0.1) is 0 Å². The Bertz CT molecular complexity index is 215. The molecule has 0 rings (SSSR count). The van der Waals surface area contributed by atoms with Crippen LogP contribution in [0.5, 0.6) is 0 Å². The largest absolute Gasteiger partial charge is 0.481 e. The molecule has 0 fully saturated rings. The Balaban J connectivity index is 4.19. The summed E-state index contributed by atoms with van der Waals surface area (Å²) in [6, 6.07) is 0. The lowest BCUT2D eigenvalue weighted by molar-refractivity contribution is -0.137. The number of nitrogens with two attached hydrogens (primary N) is 1. The lowest BCUT2D eigenvalue weighted by atomic mass is 10.1. The molecule has 0 aromatic rings. The summed E-state index contributed by atoms with van der Waals surface area (Å²) in [6.45, 7) is 6.89. The van der Waals surface area contributed by atoms with Gasteiger partial charge in [0.1, 0.15) is 0 Å². The third kappa shape index (κ3) is 6.90. The van der Waals surface area contributed by atoms with E-state index >= 15 is 0 Å². The van der Waals surface area contributed by atoms with Crippen LogP contribution >= 0.6 is 0 Å². The van der Waals surface area contributed by atoms with E-state index in [0.29, 0.717) is 13.1 Å². The molecular formula is C10H20N2O3. The minimum Gasteiger partial charge on any atom is -0.481 e. The number of carbonyl (C=O) groups excluding carboxylic acids is 1. The van der Waals surface area contributed by atoms with E-state index in [-0.39, 0.29) is 24.3 Å². The summed E-state index contributed by atoms with van der Waals surface area (Å²) in [5, 5.41) is 8.59. The summed E-state index contributed by atoms with van der Waals surface area (Å²) >= 11 is 0. The van der Waals surface area contributed by atoms with E-state index in [1.807, 2.05) is 25.7 Å². The predicted molar refractivity (Wildman–Crippen MR) is 57.4 cm³/mol. The van der Waals surface area contributed by atoms with Crippen molar-refractivity contribution in [2.45, 2.75) is 39.2 Å². The Morgan fingerprint density at radius 1 is 1.20 bits per heavy atom. The number of carbonyl (C=O) groups is 2. The van der Waals surface area contributed by atoms with Crippen molar-refractivity contribution >= 4 is 11.9 Å². The van der Waals surface area contributed by atoms with Gasteiger partial charge in [0.25, 0.3) is 0 Å². The normalized spacial score (nSPS) is 11.7. The van der Waals surface area contributed by atoms with E-state index in [1.54, 1.807) is 0 Å². The molecule has 15 heavy (non-hydrogen) atoms. The zero-order valence-electron chi connectivity index (χ0n) is 9.62. The number of amides is 1. The predicted octanol–water partition coefficient (Wildman–Crippen LogP) is 0.437. The molecule has 0 aromatic heterocycles. The maximum absolute atomic E-state index is 10.6. The molecule has 0 heterocycles. The van der Waals surface area contributed by atoms with Gasteiger partial charge in [0, 0.05) is 25.0 Å². The van der Waals surface area contributed by atoms with Crippen molar-refractivity contribution in [1.82, 2.24) is 4.90 Å². The molecule has 0 saturated heterocycles. The Morgan fingerprint density at radius 2 is 1.67 bits per heavy atom. The number of primary amides is 1. The highest BCUT2D eigenvalue weighted by atomic mass is 16.4. The second kappa shape index (κ2) is 5.70. The molecule has 3 N–H and O–H groups in total. The molecule has 0 aliphatic heterocycles. The molecule has 0 spiro atoms. The first-order valence-corrected chi connectivity index (χ1v) is 4.98. The topological polar surface area (TPSA) is 83.6 Å². The van der Waals surface area contributed by atoms with Gasteiger partial charge < -0.3 is 10.8 Å². The zero-order chi connectivity index (χ0) is 12.1. The fraction of sp³-hybridized carbons (Fsp3) is 0.800. The van der Waals surface area contributed by atoms with Gasteiger partial charge in [-0.05, 0) is 20.8 Å². The van der Waals surface area contributed by atoms with Gasteiger partial charge in [-0.1, -0.05) is 0 Å². The molecule has 0 saturated carbocycles. The van der Waals surface area contributed by atoms with Gasteiger partial charge in [-0.2, -0.15) is 0 Å². The van der Waals surface area contributed by atoms with Gasteiger partial charge in [-0.3, -0.25) is 14.5 Å². The van der Waals surface area contributed by atoms with Crippen LogP contribution in [0.25, 0.3) is 0 Å². The zero-order valence-corrected chi connectivity index (χ0v) is 9.62. The maximum atomic E-state index is 10.6. The molecule has 1 amide bonds. The van der Waals surface area contributed by atoms with Gasteiger partial charge in [0.15, 0.2) is 0 Å². The van der Waals surface area contributed by atoms with Crippen molar-refractivity contribution in [3.63, 3.8) is 0 Å². The molecule has 0 radical (unpaired) electrons. The van der Waals surface area contributed by atoms with Crippen LogP contribution in [0.2, 0.25) is 0 Å². The molecule has 0 aliphatic rings. The average Bonchev–Trinajstić information content (AvgIpc) is 2.00. The molecule has 88 valence electrons. The number of nitrogens with zero attached hydrogens (tertiary/aromatic N) is 1. The van der Waals surface area contributed by atoms with E-state index in [1.165, 1.54) is 0 Å². The van der Waals surface area contributed by atoms with Crippen molar-refractivity contribution < 1.29 is 14.7 Å². The molecule has 0 aromatic carbocycles. The lowest BCUT2D eigenvalue weighted by Crippen LogP contribution is -2.44. The maximum Gasteiger partial charge on any atom is 0.304 e. The van der Waals surface area contributed by atoms with Gasteiger partial charge >= 0.3 is 5.97 Å². The Labute approximate surface area is 90.2 Å². The summed E-state index contributed by atoms with van der Waals surface area (Å²) in [6.07, 6.45) is 0.340. The summed E-state index contributed by atoms with van der Waals surface area (Å²) in [4.78, 5) is 23.0. The minimum absolute atomic E-state index is 0.0794. The second-order valence-electron chi connectivity index (χ2n) is 4.52. The van der Waals surface area contributed by atoms with Crippen LogP contribution in [0.3, 0.4) is 0 Å². The van der Waals surface area contributed by atoms with Crippen LogP contribution < -0.4 is 5.73 Å². The van der Waals surface area contributed by atoms with Crippen molar-refractivity contribution in [2.75, 3.05) is 13.1 Å². The van der Waals surface area contributed by atoms with Crippen molar-refractivity contribution in [2.24, 2.45) is 5.73 Å². The average molecular weight is 216 g/mol. The van der Waals surface area contributed by atoms with Gasteiger partial charge in [0.2, 0.25) is 5.91 Å². The lowest BCUT2D eigenvalue weighted by Gasteiger charge is -2.35. The molecular weight excluding hydrogens is 196 g/mol. The molecule has 0 atom stereocenters. The van der Waals surface area contributed by atoms with Crippen LogP contribution in [0.15, 0.2) is 0 Å². The first kappa shape index (κ1) is 13.9. The van der Waals surface area contributed by atoms with Crippen LogP contribution in [-0.2, 0) is 9.59 Å². The van der Waals surface area contributed by atoms with Crippen molar-refractivity contribution in [3.8, 4) is 0 Å². The number of hydrogen-bond donors (Lipinski definition) is 2. The fourth-order valence-electron chi connectivity index (χ4n) is 1.26. The smallest absolute Gasteiger partial charge is 0.304 e. The van der Waals surface area contributed by atoms with E-state index in [0.717, 1.165) is 0 Å². The molecule has 0 aliphatic carbocycles. The molecule has 0 bridgehead atoms. The number of hydrogen-bond acceptors (Lipinski definition) is 3. The molecule has 5 heteroatoms. The monoisotopic (exact) mass is 216 g/mol. The fourth-order valence-corrected chi connectivity index (χ4v) is 1.26. The highest BCUT2D eigenvalue weighted by molar-refractivity contribution is 5.73. The second-order valence-corrected chi connectivity index (χ2v) is 4.52. The van der Waals surface area contributed by atoms with Crippen molar-refractivity contribution in [3.05, 3.63) is 0 Å². The number of rotatable bonds is 6. The Morgan fingerprint density at radius 3 is 2.00 bits per heavy atom. The summed E-state index contributed by atoms with van der Waals surface area (Å²) < 4.78 is 0. The SMILES string of the molecule is CC(C)(C)N(CCC(N)=O)CCC(=O)O. The first-order chi connectivity index (χ1) is 6.73. The minimum atomic E-state index is -0.830. The number of carboxylic acid groups (broad SMARTS) is 1. The standard InChI is InChI=1S/C10H20N2O3/c1-10(2,3)12(6-4-8(11)13)7-5-9(14)15/h4-7H2,1-3H3,(H2,11,13)(H,14,15). The first-order valence-electron chi connectivity index (χ1n) is 4.98. The van der Waals surface area contributed by atoms with E-state index < -0.39 is 5.97 Å². The Kier molecular flexibility index (Phi) is 5.28. The van der Waals surface area contributed by atoms with Crippen LogP contribution in [0.1, 0.15) is 33.6 Å². The third-order valence-electron chi connectivity index (χ3n) is 2.17. The van der Waals surface area contributed by atoms with Gasteiger partial charge in [0.05, 0.1) is 6.42 Å². The van der Waals surface area contributed by atoms with Gasteiger partial charge in [-0.15, -0.1) is 0 Å². The third-order valence-corrected chi connectivity index (χ3v) is 2.17. The van der Waals surface area contributed by atoms with Crippen LogP contribution in [0.4, 0.5) is 0 Å². The summed E-state index contributed by atoms with van der Waals surface area (Å²) in [7, 11) is 0. The van der Waals surface area contributed by atoms with E-state index in [4.69, 9.17) is 10.8 Å².